The molecule has 21 heavy (non-hydrogen) atoms. The summed E-state index contributed by atoms with van der Waals surface area (Å²) < 4.78 is 39.8. The van der Waals surface area contributed by atoms with Gasteiger partial charge in [0.15, 0.2) is 0 Å². The lowest BCUT2D eigenvalue weighted by Crippen LogP contribution is -2.19. The van der Waals surface area contributed by atoms with Crippen LogP contribution in [0.2, 0.25) is 0 Å². The Morgan fingerprint density at radius 2 is 2.10 bits per heavy atom. The van der Waals surface area contributed by atoms with Gasteiger partial charge in [0.1, 0.15) is 0 Å². The summed E-state index contributed by atoms with van der Waals surface area (Å²) in [5, 5.41) is 8.84. The lowest BCUT2D eigenvalue weighted by atomic mass is 9.72. The zero-order valence-electron chi connectivity index (χ0n) is 18.5. The molecule has 0 bridgehead atoms. The fourth-order valence-electron chi connectivity index (χ4n) is 2.21. The highest BCUT2D eigenvalue weighted by molar-refractivity contribution is 5.37. The predicted octanol–water partition coefficient (Wildman–Crippen LogP) is 5.51. The van der Waals surface area contributed by atoms with Crippen LogP contribution < -0.4 is 0 Å². The van der Waals surface area contributed by atoms with Crippen LogP contribution in [0.15, 0.2) is 58.7 Å². The number of hydrogen-bond donors (Lipinski definition) is 1. The molecule has 0 aliphatic heterocycles. The SMILES string of the molecule is [2H]C([2H])([2H])C1=C(/C=C/C(C)=C/C=C/C(C)=C/CO)C(C)(C)CCC1([2H])[2H]. The monoisotopic (exact) mass is 291 g/mol. The summed E-state index contributed by atoms with van der Waals surface area (Å²) in [5.74, 6) is 0. The highest BCUT2D eigenvalue weighted by Crippen LogP contribution is 2.40. The molecule has 0 aromatic heterocycles. The number of aliphatic hydroxyl groups is 1. The number of rotatable bonds is 5. The Kier molecular flexibility index (Phi) is 4.39. The number of aliphatic hydroxyl groups excluding tert-OH is 1. The van der Waals surface area contributed by atoms with Gasteiger partial charge in [-0.2, -0.15) is 0 Å². The maximum absolute atomic E-state index is 8.84. The molecule has 0 saturated heterocycles. The lowest BCUT2D eigenvalue weighted by molar-refractivity contribution is 0.342. The first kappa shape index (κ1) is 11.3. The van der Waals surface area contributed by atoms with Crippen LogP contribution in [0, 0.1) is 5.41 Å². The molecule has 0 aromatic carbocycles. The molecule has 0 heterocycles. The van der Waals surface area contributed by atoms with E-state index in [1.807, 2.05) is 52.0 Å². The smallest absolute Gasteiger partial charge is 0.0617 e. The standard InChI is InChI=1S/C20H30O/c1-16(8-6-9-17(2)13-15-21)11-12-19-18(3)10-7-14-20(19,4)5/h6,8-9,11-13,21H,7,10,14-15H2,1-5H3/b9-6+,12-11+,16-8+,17-13+/i3D3,10D2. The Labute approximate surface area is 137 Å². The van der Waals surface area contributed by atoms with E-state index in [-0.39, 0.29) is 24.0 Å². The van der Waals surface area contributed by atoms with Crippen molar-refractivity contribution in [2.75, 3.05) is 6.61 Å². The summed E-state index contributed by atoms with van der Waals surface area (Å²) in [7, 11) is 0. The van der Waals surface area contributed by atoms with E-state index in [1.54, 1.807) is 12.2 Å². The van der Waals surface area contributed by atoms with E-state index in [0.29, 0.717) is 12.0 Å². The minimum atomic E-state index is -2.45. The van der Waals surface area contributed by atoms with Gasteiger partial charge in [0.25, 0.3) is 0 Å². The van der Waals surface area contributed by atoms with Crippen LogP contribution in [0.1, 0.15) is 60.6 Å². The molecule has 1 heteroatoms. The van der Waals surface area contributed by atoms with Crippen molar-refractivity contribution >= 4 is 0 Å². The van der Waals surface area contributed by atoms with Gasteiger partial charge >= 0.3 is 0 Å². The minimum Gasteiger partial charge on any atom is -0.392 e. The van der Waals surface area contributed by atoms with Crippen molar-refractivity contribution < 1.29 is 12.0 Å². The normalized spacial score (nSPS) is 27.4. The van der Waals surface area contributed by atoms with Crippen LogP contribution in [0.5, 0.6) is 0 Å². The summed E-state index contributed by atoms with van der Waals surface area (Å²) in [4.78, 5) is 0. The molecular formula is C20H30O. The van der Waals surface area contributed by atoms with Gasteiger partial charge in [-0.15, -0.1) is 0 Å². The zero-order valence-corrected chi connectivity index (χ0v) is 13.5. The molecule has 0 saturated carbocycles. The third-order valence-corrected chi connectivity index (χ3v) is 3.69. The van der Waals surface area contributed by atoms with Crippen LogP contribution >= 0.6 is 0 Å². The first-order valence-corrected chi connectivity index (χ1v) is 7.37. The van der Waals surface area contributed by atoms with Crippen LogP contribution in [0.4, 0.5) is 0 Å². The van der Waals surface area contributed by atoms with Gasteiger partial charge in [-0.3, -0.25) is 0 Å². The fourth-order valence-corrected chi connectivity index (χ4v) is 2.21. The van der Waals surface area contributed by atoms with Gasteiger partial charge in [-0.05, 0) is 50.9 Å². The van der Waals surface area contributed by atoms with Gasteiger partial charge < -0.3 is 5.11 Å². The van der Waals surface area contributed by atoms with Crippen molar-refractivity contribution in [3.05, 3.63) is 58.7 Å². The second-order valence-corrected chi connectivity index (χ2v) is 6.08. The highest BCUT2D eigenvalue weighted by atomic mass is 16.2. The topological polar surface area (TPSA) is 20.2 Å². The van der Waals surface area contributed by atoms with Crippen molar-refractivity contribution in [2.45, 2.75) is 53.8 Å². The summed E-state index contributed by atoms with van der Waals surface area (Å²) in [5.41, 5.74) is 2.00. The Bertz CT molecular complexity index is 658. The fraction of sp³-hybridized carbons (Fsp3) is 0.500. The molecule has 0 atom stereocenters. The zero-order chi connectivity index (χ0) is 20.2. The molecule has 116 valence electrons. The first-order valence-electron chi connectivity index (χ1n) is 9.87. The highest BCUT2D eigenvalue weighted by Gasteiger charge is 2.26. The third kappa shape index (κ3) is 5.89. The lowest BCUT2D eigenvalue weighted by Gasteiger charge is -2.32. The molecule has 0 spiro atoms. The molecule has 0 fully saturated rings. The van der Waals surface area contributed by atoms with E-state index in [4.69, 9.17) is 12.0 Å². The van der Waals surface area contributed by atoms with Crippen molar-refractivity contribution in [1.82, 2.24) is 0 Å². The Hall–Kier alpha value is -1.34. The molecule has 1 aliphatic rings. The molecule has 1 N–H and O–H groups in total. The molecule has 0 aromatic rings. The van der Waals surface area contributed by atoms with Crippen LogP contribution in [-0.4, -0.2) is 11.7 Å². The quantitative estimate of drug-likeness (QED) is 0.662. The van der Waals surface area contributed by atoms with Gasteiger partial charge in [0.2, 0.25) is 0 Å². The molecule has 1 aliphatic carbocycles. The largest absolute Gasteiger partial charge is 0.392 e. The Morgan fingerprint density at radius 3 is 2.76 bits per heavy atom. The molecule has 1 rings (SSSR count). The first-order chi connectivity index (χ1) is 11.8. The van der Waals surface area contributed by atoms with Crippen LogP contribution in [0.3, 0.4) is 0 Å². The van der Waals surface area contributed by atoms with E-state index >= 15 is 0 Å². The second kappa shape index (κ2) is 8.19. The van der Waals surface area contributed by atoms with Crippen LogP contribution in [-0.2, 0) is 0 Å². The van der Waals surface area contributed by atoms with Gasteiger partial charge in [-0.1, -0.05) is 67.0 Å². The second-order valence-electron chi connectivity index (χ2n) is 6.08. The van der Waals surface area contributed by atoms with E-state index in [1.165, 1.54) is 0 Å². The summed E-state index contributed by atoms with van der Waals surface area (Å²) in [6.45, 7) is 5.29. The van der Waals surface area contributed by atoms with Crippen molar-refractivity contribution in [1.29, 1.82) is 0 Å². The van der Waals surface area contributed by atoms with E-state index in [9.17, 15) is 0 Å². The van der Waals surface area contributed by atoms with Crippen LogP contribution in [0.25, 0.3) is 0 Å². The van der Waals surface area contributed by atoms with Crippen molar-refractivity contribution in [2.24, 2.45) is 5.41 Å². The van der Waals surface area contributed by atoms with E-state index in [0.717, 1.165) is 11.1 Å². The number of hydrogen-bond acceptors (Lipinski definition) is 1. The van der Waals surface area contributed by atoms with E-state index in [2.05, 4.69) is 0 Å². The third-order valence-electron chi connectivity index (χ3n) is 3.69. The number of allylic oxidation sites excluding steroid dienone is 9. The molecule has 1 nitrogen and oxygen atoms in total. The van der Waals surface area contributed by atoms with Gasteiger partial charge in [0.05, 0.1) is 6.61 Å². The Morgan fingerprint density at radius 1 is 1.33 bits per heavy atom. The summed E-state index contributed by atoms with van der Waals surface area (Å²) in [6, 6.07) is 0. The average Bonchev–Trinajstić information content (AvgIpc) is 2.47. The minimum absolute atomic E-state index is 0.00189. The molecule has 0 radical (unpaired) electrons. The van der Waals surface area contributed by atoms with Crippen molar-refractivity contribution in [3.8, 4) is 0 Å². The summed E-state index contributed by atoms with van der Waals surface area (Å²) >= 11 is 0. The predicted molar refractivity (Wildman–Crippen MR) is 93.2 cm³/mol. The van der Waals surface area contributed by atoms with Crippen molar-refractivity contribution in [3.63, 3.8) is 0 Å². The van der Waals surface area contributed by atoms with Gasteiger partial charge in [-0.25, -0.2) is 0 Å². The molecule has 0 amide bonds. The maximum atomic E-state index is 8.84. The summed E-state index contributed by atoms with van der Waals surface area (Å²) in [6.07, 6.45) is 9.95. The molecular weight excluding hydrogens is 256 g/mol. The van der Waals surface area contributed by atoms with Gasteiger partial charge in [0, 0.05) is 6.85 Å². The maximum Gasteiger partial charge on any atom is 0.0617 e. The Balaban J connectivity index is 3.25. The average molecular weight is 291 g/mol. The van der Waals surface area contributed by atoms with E-state index < -0.39 is 13.2 Å². The molecule has 0 unspecified atom stereocenters.